The smallest absolute Gasteiger partial charge is 0.0314 e. The zero-order chi connectivity index (χ0) is 33.8. The van der Waals surface area contributed by atoms with E-state index >= 15 is 0 Å². The molecule has 4 aromatic rings. The molecule has 0 aliphatic carbocycles. The number of unbranched alkanes of at least 4 members (excludes halogenated alkanes) is 11. The maximum absolute atomic E-state index is 5.91. The van der Waals surface area contributed by atoms with E-state index in [0.717, 1.165) is 24.2 Å². The number of hydrogen-bond donors (Lipinski definition) is 2. The van der Waals surface area contributed by atoms with Gasteiger partial charge in [0, 0.05) is 11.4 Å². The van der Waals surface area contributed by atoms with Crippen LogP contribution in [0.5, 0.6) is 0 Å². The molecule has 48 heavy (non-hydrogen) atoms. The molecule has 0 atom stereocenters. The van der Waals surface area contributed by atoms with Crippen molar-refractivity contribution in [2.75, 3.05) is 11.5 Å². The molecule has 0 radical (unpaired) electrons. The molecular weight excluding hydrogens is 581 g/mol. The molecule has 2 nitrogen and oxygen atoms in total. The van der Waals surface area contributed by atoms with Crippen molar-refractivity contribution in [3.8, 4) is 0 Å². The largest absolute Gasteiger partial charge is 0.399 e. The average Bonchev–Trinajstić information content (AvgIpc) is 3.09. The maximum atomic E-state index is 5.91. The van der Waals surface area contributed by atoms with Crippen LogP contribution in [-0.2, 0) is 38.5 Å². The Hall–Kier alpha value is -3.52. The van der Waals surface area contributed by atoms with Gasteiger partial charge in [-0.1, -0.05) is 139 Å². The molecule has 4 N–H and O–H groups in total. The predicted molar refractivity (Wildman–Crippen MR) is 211 cm³/mol. The minimum atomic E-state index is 0.838. The Morgan fingerprint density at radius 3 is 1.02 bits per heavy atom. The summed E-state index contributed by atoms with van der Waals surface area (Å²) < 4.78 is 0. The predicted octanol–water partition coefficient (Wildman–Crippen LogP) is 12.4. The first-order valence-corrected chi connectivity index (χ1v) is 19.4. The fraction of sp³-hybridized carbons (Fsp3) is 0.478. The summed E-state index contributed by atoms with van der Waals surface area (Å²) in [6.45, 7) is 4.60. The van der Waals surface area contributed by atoms with Gasteiger partial charge < -0.3 is 11.5 Å². The Balaban J connectivity index is 1.22. The third-order valence-electron chi connectivity index (χ3n) is 10.1. The van der Waals surface area contributed by atoms with Crippen molar-refractivity contribution in [3.05, 3.63) is 129 Å². The number of nitrogens with two attached hydrogens (primary N) is 2. The van der Waals surface area contributed by atoms with Crippen LogP contribution in [0, 0.1) is 0 Å². The second-order valence-corrected chi connectivity index (χ2v) is 14.3. The van der Waals surface area contributed by atoms with Crippen molar-refractivity contribution in [2.45, 2.75) is 142 Å². The number of benzene rings is 4. The summed E-state index contributed by atoms with van der Waals surface area (Å²) in [4.78, 5) is 0. The molecule has 0 amide bonds. The number of rotatable bonds is 23. The van der Waals surface area contributed by atoms with E-state index in [4.69, 9.17) is 11.5 Å². The minimum absolute atomic E-state index is 0.838. The van der Waals surface area contributed by atoms with E-state index in [2.05, 4.69) is 74.5 Å². The lowest BCUT2D eigenvalue weighted by atomic mass is 9.92. The van der Waals surface area contributed by atoms with Crippen LogP contribution in [0.1, 0.15) is 148 Å². The normalized spacial score (nSPS) is 11.3. The molecule has 4 rings (SSSR count). The van der Waals surface area contributed by atoms with Crippen LogP contribution in [0.4, 0.5) is 11.4 Å². The van der Waals surface area contributed by atoms with E-state index in [1.807, 2.05) is 24.3 Å². The zero-order valence-corrected chi connectivity index (χ0v) is 30.4. The quantitative estimate of drug-likeness (QED) is 0.0623. The Morgan fingerprint density at radius 2 is 0.646 bits per heavy atom. The van der Waals surface area contributed by atoms with E-state index in [9.17, 15) is 0 Å². The van der Waals surface area contributed by atoms with Gasteiger partial charge in [0.1, 0.15) is 0 Å². The number of aryl methyl sites for hydroxylation is 4. The highest BCUT2D eigenvalue weighted by molar-refractivity contribution is 5.43. The van der Waals surface area contributed by atoms with E-state index in [1.54, 1.807) is 22.3 Å². The molecule has 0 spiro atoms. The SMILES string of the molecule is CCCCCCc1cc(Cc2ccc(N)cc2)ccc1CCCCCCCCc1ccc(Cc2ccc(N)cc2)cc1CCCCCC. The molecule has 0 bridgehead atoms. The lowest BCUT2D eigenvalue weighted by Gasteiger charge is -2.13. The van der Waals surface area contributed by atoms with Gasteiger partial charge in [-0.3, -0.25) is 0 Å². The first kappa shape index (κ1) is 37.3. The van der Waals surface area contributed by atoms with Gasteiger partial charge in [-0.25, -0.2) is 0 Å². The van der Waals surface area contributed by atoms with Crippen LogP contribution in [0.25, 0.3) is 0 Å². The Morgan fingerprint density at radius 1 is 0.333 bits per heavy atom. The average molecular weight is 645 g/mol. The Kier molecular flexibility index (Phi) is 16.7. The molecule has 0 aliphatic heterocycles. The van der Waals surface area contributed by atoms with Gasteiger partial charge in [0.25, 0.3) is 0 Å². The van der Waals surface area contributed by atoms with Crippen molar-refractivity contribution in [1.82, 2.24) is 0 Å². The Bertz CT molecular complexity index is 1340. The molecule has 2 heteroatoms. The molecule has 0 saturated heterocycles. The maximum Gasteiger partial charge on any atom is 0.0314 e. The van der Waals surface area contributed by atoms with E-state index in [1.165, 1.54) is 138 Å². The lowest BCUT2D eigenvalue weighted by Crippen LogP contribution is -1.99. The summed E-state index contributed by atoms with van der Waals surface area (Å²) >= 11 is 0. The minimum Gasteiger partial charge on any atom is -0.399 e. The molecule has 0 unspecified atom stereocenters. The van der Waals surface area contributed by atoms with Gasteiger partial charge in [-0.2, -0.15) is 0 Å². The molecular formula is C46H64N2. The first-order chi connectivity index (χ1) is 23.5. The standard InChI is InChI=1S/C46H64N2/c1-3-5-7-13-19-43-35-39(33-37-23-29-45(47)30-24-37)21-27-41(43)17-15-11-9-10-12-16-18-42-28-22-40(34-38-25-31-46(48)32-26-38)36-44(42)20-14-8-6-4-2/h21-32,35-36H,3-20,33-34,47-48H2,1-2H3. The summed E-state index contributed by atoms with van der Waals surface area (Å²) in [6, 6.07) is 31.3. The zero-order valence-electron chi connectivity index (χ0n) is 30.4. The molecule has 0 heterocycles. The molecule has 4 aromatic carbocycles. The van der Waals surface area contributed by atoms with Crippen molar-refractivity contribution in [3.63, 3.8) is 0 Å². The summed E-state index contributed by atoms with van der Waals surface area (Å²) in [6.07, 6.45) is 25.4. The van der Waals surface area contributed by atoms with Gasteiger partial charge in [0.05, 0.1) is 0 Å². The Labute approximate surface area is 293 Å². The highest BCUT2D eigenvalue weighted by atomic mass is 14.5. The molecule has 0 aliphatic rings. The summed E-state index contributed by atoms with van der Waals surface area (Å²) in [5.74, 6) is 0. The van der Waals surface area contributed by atoms with Crippen LogP contribution < -0.4 is 11.5 Å². The van der Waals surface area contributed by atoms with Crippen LogP contribution in [0.3, 0.4) is 0 Å². The summed E-state index contributed by atoms with van der Waals surface area (Å²) in [7, 11) is 0. The fourth-order valence-corrected chi connectivity index (χ4v) is 7.10. The van der Waals surface area contributed by atoms with Crippen LogP contribution in [0.2, 0.25) is 0 Å². The van der Waals surface area contributed by atoms with Gasteiger partial charge in [-0.05, 0) is 133 Å². The third kappa shape index (κ3) is 13.5. The monoisotopic (exact) mass is 645 g/mol. The molecule has 0 fully saturated rings. The van der Waals surface area contributed by atoms with Gasteiger partial charge in [0.2, 0.25) is 0 Å². The van der Waals surface area contributed by atoms with Crippen LogP contribution >= 0.6 is 0 Å². The van der Waals surface area contributed by atoms with Gasteiger partial charge in [0.15, 0.2) is 0 Å². The molecule has 0 aromatic heterocycles. The number of nitrogen functional groups attached to an aromatic ring is 2. The van der Waals surface area contributed by atoms with Crippen molar-refractivity contribution in [2.24, 2.45) is 0 Å². The second kappa shape index (κ2) is 21.5. The van der Waals surface area contributed by atoms with Crippen LogP contribution in [-0.4, -0.2) is 0 Å². The van der Waals surface area contributed by atoms with E-state index in [0.29, 0.717) is 0 Å². The highest BCUT2D eigenvalue weighted by Crippen LogP contribution is 2.23. The number of anilines is 2. The first-order valence-electron chi connectivity index (χ1n) is 19.4. The lowest BCUT2D eigenvalue weighted by molar-refractivity contribution is 0.590. The second-order valence-electron chi connectivity index (χ2n) is 14.3. The molecule has 0 saturated carbocycles. The van der Waals surface area contributed by atoms with Crippen molar-refractivity contribution >= 4 is 11.4 Å². The van der Waals surface area contributed by atoms with Gasteiger partial charge >= 0.3 is 0 Å². The third-order valence-corrected chi connectivity index (χ3v) is 10.1. The number of hydrogen-bond acceptors (Lipinski definition) is 2. The fourth-order valence-electron chi connectivity index (χ4n) is 7.10. The van der Waals surface area contributed by atoms with Crippen molar-refractivity contribution < 1.29 is 0 Å². The molecule has 258 valence electrons. The van der Waals surface area contributed by atoms with E-state index < -0.39 is 0 Å². The summed E-state index contributed by atoms with van der Waals surface area (Å²) in [5.41, 5.74) is 25.4. The van der Waals surface area contributed by atoms with Crippen LogP contribution in [0.15, 0.2) is 84.9 Å². The topological polar surface area (TPSA) is 52.0 Å². The van der Waals surface area contributed by atoms with Crippen molar-refractivity contribution in [1.29, 1.82) is 0 Å². The van der Waals surface area contributed by atoms with E-state index in [-0.39, 0.29) is 0 Å². The highest BCUT2D eigenvalue weighted by Gasteiger charge is 2.08. The van der Waals surface area contributed by atoms with Gasteiger partial charge in [-0.15, -0.1) is 0 Å². The summed E-state index contributed by atoms with van der Waals surface area (Å²) in [5, 5.41) is 0.